The molecule has 0 bridgehead atoms. The summed E-state index contributed by atoms with van der Waals surface area (Å²) >= 11 is 23.7. The van der Waals surface area contributed by atoms with Gasteiger partial charge in [-0.3, -0.25) is 15.4 Å². The number of aliphatic carboxylic acids is 1. The monoisotopic (exact) mass is 1260 g/mol. The zero-order valence-corrected chi connectivity index (χ0v) is 48.0. The lowest BCUT2D eigenvalue weighted by molar-refractivity contribution is -0.193. The summed E-state index contributed by atoms with van der Waals surface area (Å²) in [5.74, 6) is -6.55. The number of ether oxygens (including phenoxy) is 4. The minimum Gasteiger partial charge on any atom is -0.778 e. The normalized spacial score (nSPS) is 11.7. The van der Waals surface area contributed by atoms with Crippen molar-refractivity contribution in [3.05, 3.63) is 102 Å². The highest BCUT2D eigenvalue weighted by atomic mass is 35.5. The Hall–Kier alpha value is -6.15. The molecular weight excluding hydrogens is 1220 g/mol. The van der Waals surface area contributed by atoms with Gasteiger partial charge in [0.15, 0.2) is 5.75 Å². The smallest absolute Gasteiger partial charge is 0.442 e. The molecule has 1 atom stereocenters. The number of hydrogen-bond donors (Lipinski definition) is 7. The fourth-order valence-corrected chi connectivity index (χ4v) is 7.41. The van der Waals surface area contributed by atoms with Crippen molar-refractivity contribution in [2.24, 2.45) is 0 Å². The highest BCUT2D eigenvalue weighted by Gasteiger charge is 2.27. The molecule has 36 heteroatoms. The molecule has 7 N–H and O–H groups in total. The van der Waals surface area contributed by atoms with Crippen LogP contribution in [0, 0.1) is 0 Å². The number of nitrogens with zero attached hydrogens (tertiary/aromatic N) is 4. The van der Waals surface area contributed by atoms with Gasteiger partial charge in [0.05, 0.1) is 82.2 Å². The second-order valence-corrected chi connectivity index (χ2v) is 23.6. The van der Waals surface area contributed by atoms with Crippen LogP contribution in [0.25, 0.3) is 5.69 Å². The first kappa shape index (κ1) is 70.9. The molecule has 3 aromatic carbocycles. The predicted molar refractivity (Wildman–Crippen MR) is 280 cm³/mol. The molecule has 79 heavy (non-hydrogen) atoms. The summed E-state index contributed by atoms with van der Waals surface area (Å²) in [6.07, 6.45) is 5.81. The fourth-order valence-electron chi connectivity index (χ4n) is 4.94. The second-order valence-electron chi connectivity index (χ2n) is 16.3. The van der Waals surface area contributed by atoms with Crippen LogP contribution in [0.3, 0.4) is 0 Å². The Labute approximate surface area is 470 Å². The van der Waals surface area contributed by atoms with Gasteiger partial charge in [0.25, 0.3) is 10.0 Å². The van der Waals surface area contributed by atoms with E-state index < -0.39 is 102 Å². The first-order valence-corrected chi connectivity index (χ1v) is 28.4. The molecule has 5 rings (SSSR count). The number of aromatic carboxylic acids is 2. The Morgan fingerprint density at radius 1 is 0.848 bits per heavy atom. The van der Waals surface area contributed by atoms with Crippen molar-refractivity contribution in [1.82, 2.24) is 29.8 Å². The number of carboxylic acid groups (broad SMARTS) is 3. The van der Waals surface area contributed by atoms with Crippen molar-refractivity contribution >= 4 is 105 Å². The lowest BCUT2D eigenvalue weighted by Crippen LogP contribution is -2.35. The van der Waals surface area contributed by atoms with Crippen LogP contribution in [-0.4, -0.2) is 130 Å². The number of methoxy groups -OCH3 is 1. The quantitative estimate of drug-likeness (QED) is 0.0270. The van der Waals surface area contributed by atoms with Crippen molar-refractivity contribution < 1.29 is 98.2 Å². The van der Waals surface area contributed by atoms with Crippen LogP contribution in [-0.2, 0) is 35.7 Å². The summed E-state index contributed by atoms with van der Waals surface area (Å²) in [5.41, 5.74) is -0.780. The van der Waals surface area contributed by atoms with E-state index in [9.17, 15) is 59.4 Å². The summed E-state index contributed by atoms with van der Waals surface area (Å²) < 4.78 is 110. The van der Waals surface area contributed by atoms with E-state index in [4.69, 9.17) is 80.5 Å². The molecule has 0 aliphatic carbocycles. The third-order valence-electron chi connectivity index (χ3n) is 7.80. The maximum Gasteiger partial charge on any atom is 0.442 e. The highest BCUT2D eigenvalue weighted by Crippen LogP contribution is 2.35. The number of benzene rings is 3. The summed E-state index contributed by atoms with van der Waals surface area (Å²) in [5, 5.41) is 34.7. The van der Waals surface area contributed by atoms with Gasteiger partial charge in [0, 0.05) is 11.5 Å². The van der Waals surface area contributed by atoms with Crippen LogP contribution in [0.15, 0.2) is 68.7 Å². The Bertz CT molecular complexity index is 3090. The van der Waals surface area contributed by atoms with Crippen LogP contribution in [0.4, 0.5) is 28.3 Å². The van der Waals surface area contributed by atoms with E-state index in [1.807, 2.05) is 39.9 Å². The summed E-state index contributed by atoms with van der Waals surface area (Å²) in [6.45, 7) is 2.17. The van der Waals surface area contributed by atoms with Gasteiger partial charge in [-0.05, 0) is 55.1 Å². The molecule has 0 saturated heterocycles. The third kappa shape index (κ3) is 26.1. The van der Waals surface area contributed by atoms with E-state index in [2.05, 4.69) is 43.3 Å². The van der Waals surface area contributed by atoms with E-state index in [1.54, 1.807) is 11.4 Å². The first-order valence-electron chi connectivity index (χ1n) is 21.2. The average molecular weight is 1270 g/mol. The number of carbonyl (C=O) groups is 4. The van der Waals surface area contributed by atoms with Crippen LogP contribution in [0.2, 0.25) is 20.1 Å². The van der Waals surface area contributed by atoms with Crippen molar-refractivity contribution in [3.63, 3.8) is 0 Å². The molecule has 1 unspecified atom stereocenters. The molecule has 2 heterocycles. The van der Waals surface area contributed by atoms with Gasteiger partial charge in [-0.2, -0.15) is 32.2 Å². The van der Waals surface area contributed by atoms with Gasteiger partial charge in [-0.25, -0.2) is 32.3 Å². The summed E-state index contributed by atoms with van der Waals surface area (Å²) in [7, 11) is -7.08. The van der Waals surface area contributed by atoms with Gasteiger partial charge < -0.3 is 53.0 Å². The molecular formula is C43H50Cl4F4N7O18PS2. The van der Waals surface area contributed by atoms with Crippen molar-refractivity contribution in [3.8, 4) is 28.9 Å². The van der Waals surface area contributed by atoms with Crippen LogP contribution in [0.5, 0.6) is 23.3 Å². The Kier molecular flexibility index (Phi) is 28.9. The van der Waals surface area contributed by atoms with Crippen LogP contribution in [0.1, 0.15) is 61.2 Å². The lowest BCUT2D eigenvalue weighted by Gasteiger charge is -2.14. The average Bonchev–Trinajstić information content (AvgIpc) is 3.68. The van der Waals surface area contributed by atoms with Gasteiger partial charge >= 0.3 is 42.9 Å². The van der Waals surface area contributed by atoms with Crippen molar-refractivity contribution in [2.45, 2.75) is 64.3 Å². The standard InChI is InChI=1S/C15H18Cl2N2O3.C14H10F4N4O7S.C8H6Cl2O3.C3H8NO5P.C3H9S/c1-8(2)21-12-7-11(9(16)6-10(12)17)19-14(20)22-13(18-19)15(3,4)5;15-11(16)28-8-5-9(29-12(17)18)20-13(19-8)21-14(25)22-30(26,27)7-4-2-1-3-6(7)10(23)24;1-13-7-5(10)3-2-4(9)6(7)8(11)12;5-3(6)1-4-2-10(7,8)9;1-4(2)3/h6-8H,1-5H3;1-5,11-12H,(H,23,24)(H2,19,20,21,22,25);2-3H,1H3,(H,11,12);4H,1-2H2,(H,5,6)(H2,7,8,9);1-3H3/q;;;;+1/p-1. The largest absolute Gasteiger partial charge is 0.778 e. The van der Waals surface area contributed by atoms with Gasteiger partial charge in [0.2, 0.25) is 23.6 Å². The Balaban J connectivity index is 0.000000554. The van der Waals surface area contributed by atoms with Crippen LogP contribution >= 0.6 is 54.0 Å². The molecule has 5 aromatic rings. The molecule has 2 aromatic heterocycles. The summed E-state index contributed by atoms with van der Waals surface area (Å²) in [6, 6.07) is 9.23. The van der Waals surface area contributed by atoms with E-state index in [1.165, 1.54) is 42.2 Å². The molecule has 438 valence electrons. The maximum absolute atomic E-state index is 12.3. The highest BCUT2D eigenvalue weighted by molar-refractivity contribution is 7.94. The molecule has 0 spiro atoms. The SMILES string of the molecule is CC(C)Oc1cc(-n2nc(C(C)(C)C)oc2=O)c(Cl)cc1Cl.COc1c(Cl)ccc(Cl)c1C(=O)O.C[S+](C)C.O=C(Nc1nc(OC(F)F)cc(OC(F)F)n1)NS(=O)(=O)c1ccccc1C(=O)O.O=C(O)CNCP(=O)([O-])O. The van der Waals surface area contributed by atoms with Gasteiger partial charge in [-0.15, -0.1) is 5.10 Å². The number of aromatic nitrogens is 4. The number of carboxylic acids is 3. The molecule has 0 aliphatic rings. The molecule has 25 nitrogen and oxygen atoms in total. The van der Waals surface area contributed by atoms with Crippen molar-refractivity contribution in [2.75, 3.05) is 44.0 Å². The lowest BCUT2D eigenvalue weighted by atomic mass is 9.97. The number of hydrogen-bond acceptors (Lipinski definition) is 18. The zero-order chi connectivity index (χ0) is 60.9. The van der Waals surface area contributed by atoms with E-state index >= 15 is 0 Å². The Morgan fingerprint density at radius 3 is 1.81 bits per heavy atom. The Morgan fingerprint density at radius 2 is 1.38 bits per heavy atom. The number of nitrogens with one attached hydrogen (secondary N) is 3. The van der Waals surface area contributed by atoms with E-state index in [0.29, 0.717) is 39.3 Å². The van der Waals surface area contributed by atoms with Gasteiger partial charge in [0.1, 0.15) is 23.8 Å². The topological polar surface area (TPSA) is 370 Å². The first-order chi connectivity index (χ1) is 36.3. The minimum atomic E-state index is -4.71. The zero-order valence-electron chi connectivity index (χ0n) is 42.4. The maximum atomic E-state index is 12.3. The number of amides is 2. The predicted octanol–water partition coefficient (Wildman–Crippen LogP) is 7.46. The second kappa shape index (κ2) is 32.2. The number of alkyl halides is 4. The number of anilines is 1. The van der Waals surface area contributed by atoms with E-state index in [-0.39, 0.29) is 37.9 Å². The number of urea groups is 1. The van der Waals surface area contributed by atoms with Crippen LogP contribution < -0.4 is 45.0 Å². The molecule has 0 aliphatic heterocycles. The fraction of sp³-hybridized carbons (Fsp3) is 0.349. The molecule has 0 fully saturated rings. The number of sulfonamides is 1. The molecule has 0 radical (unpaired) electrons. The van der Waals surface area contributed by atoms with Crippen molar-refractivity contribution in [1.29, 1.82) is 0 Å². The third-order valence-corrected chi connectivity index (χ3v) is 11.0. The number of halogens is 8. The number of carbonyl (C=O) groups excluding carboxylic acids is 1. The summed E-state index contributed by atoms with van der Waals surface area (Å²) in [4.78, 5) is 79.4. The van der Waals surface area contributed by atoms with Gasteiger partial charge in [-0.1, -0.05) is 79.3 Å². The number of rotatable bonds is 17. The minimum absolute atomic E-state index is 0.0642. The van der Waals surface area contributed by atoms with E-state index in [0.717, 1.165) is 16.8 Å². The molecule has 0 saturated carbocycles. The molecule has 2 amide bonds.